The van der Waals surface area contributed by atoms with Gasteiger partial charge in [0.2, 0.25) is 0 Å². The summed E-state index contributed by atoms with van der Waals surface area (Å²) in [6.45, 7) is 7.37. The van der Waals surface area contributed by atoms with E-state index in [-0.39, 0.29) is 26.6 Å². The summed E-state index contributed by atoms with van der Waals surface area (Å²) >= 11 is 0. The first-order valence-electron chi connectivity index (χ1n) is 13.8. The number of benzene rings is 4. The molecule has 2 aromatic heterocycles. The number of fused-ring (bicyclic) bond motifs is 4. The molecule has 0 aliphatic carbocycles. The molecule has 4 aromatic carbocycles. The molecule has 0 atom stereocenters. The van der Waals surface area contributed by atoms with Gasteiger partial charge in [-0.15, -0.1) is 41.4 Å². The summed E-state index contributed by atoms with van der Waals surface area (Å²) in [6.07, 6.45) is 1.51. The van der Waals surface area contributed by atoms with Crippen molar-refractivity contribution in [3.63, 3.8) is 0 Å². The molecule has 0 bridgehead atoms. The number of hydrogen-bond donors (Lipinski definition) is 0. The Morgan fingerprint density at radius 1 is 0.925 bits per heavy atom. The maximum Gasteiger partial charge on any atom is 0.135 e. The molecule has 3 heterocycles. The second kappa shape index (κ2) is 10.2. The van der Waals surface area contributed by atoms with E-state index in [9.17, 15) is 0 Å². The molecule has 0 spiro atoms. The minimum atomic E-state index is -2.27. The molecular weight excluding hydrogens is 677 g/mol. The topological polar surface area (TPSA) is 37.9 Å². The molecule has 0 radical (unpaired) electrons. The second-order valence-electron chi connectivity index (χ2n) is 9.23. The van der Waals surface area contributed by atoms with E-state index in [1.807, 2.05) is 88.7 Å². The summed E-state index contributed by atoms with van der Waals surface area (Å²) in [5.74, 6) is 1.27. The van der Waals surface area contributed by atoms with Gasteiger partial charge >= 0.3 is 0 Å². The Balaban J connectivity index is 0.00000329. The summed E-state index contributed by atoms with van der Waals surface area (Å²) in [6, 6.07) is 32.9. The van der Waals surface area contributed by atoms with Crippen molar-refractivity contribution in [1.82, 2.24) is 9.55 Å². The Labute approximate surface area is 251 Å². The summed E-state index contributed by atoms with van der Waals surface area (Å²) < 4.78 is 31.8. The molecule has 6 aromatic rings. The minimum absolute atomic E-state index is 0. The Bertz CT molecular complexity index is 2050. The number of aryl methyl sites for hydroxylation is 1. The fraction of sp³-hybridized carbons (Fsp3) is 0.0606. The molecular formula is C33H22N5OPt-3. The molecule has 7 heteroatoms. The number of aromatic nitrogens is 2. The summed E-state index contributed by atoms with van der Waals surface area (Å²) in [7, 11) is 1.97. The van der Waals surface area contributed by atoms with Crippen molar-refractivity contribution in [2.24, 2.45) is 0 Å². The van der Waals surface area contributed by atoms with Gasteiger partial charge in [0.05, 0.1) is 12.3 Å². The van der Waals surface area contributed by atoms with Crippen LogP contribution in [0.25, 0.3) is 32.5 Å². The summed E-state index contributed by atoms with van der Waals surface area (Å²) in [5.41, 5.74) is 4.88. The van der Waals surface area contributed by atoms with Crippen LogP contribution in [-0.2, 0) is 21.1 Å². The van der Waals surface area contributed by atoms with Crippen molar-refractivity contribution in [2.75, 3.05) is 16.8 Å². The quantitative estimate of drug-likeness (QED) is 0.174. The van der Waals surface area contributed by atoms with E-state index >= 15 is 0 Å². The molecule has 1 aliphatic heterocycles. The smallest absolute Gasteiger partial charge is 0.135 e. The van der Waals surface area contributed by atoms with Crippen molar-refractivity contribution >= 4 is 44.6 Å². The van der Waals surface area contributed by atoms with Gasteiger partial charge in [-0.1, -0.05) is 35.8 Å². The first-order chi connectivity index (χ1) is 20.3. The molecule has 6 nitrogen and oxygen atoms in total. The Kier molecular flexibility index (Phi) is 5.66. The zero-order valence-electron chi connectivity index (χ0n) is 24.2. The monoisotopic (exact) mass is 702 g/mol. The Hall–Kier alpha value is -4.59. The van der Waals surface area contributed by atoms with Gasteiger partial charge < -0.3 is 19.1 Å². The van der Waals surface area contributed by atoms with E-state index in [1.165, 1.54) is 12.3 Å². The van der Waals surface area contributed by atoms with Crippen LogP contribution in [-0.4, -0.2) is 16.6 Å². The van der Waals surface area contributed by atoms with E-state index in [0.717, 1.165) is 27.7 Å². The molecule has 7 rings (SSSR count). The molecule has 0 saturated carbocycles. The molecule has 0 fully saturated rings. The summed E-state index contributed by atoms with van der Waals surface area (Å²) in [4.78, 5) is 12.2. The van der Waals surface area contributed by atoms with Gasteiger partial charge in [0.25, 0.3) is 0 Å². The van der Waals surface area contributed by atoms with Crippen LogP contribution < -0.4 is 14.5 Å². The Morgan fingerprint density at radius 3 is 2.60 bits per heavy atom. The molecule has 40 heavy (non-hydrogen) atoms. The minimum Gasteiger partial charge on any atom is -0.510 e. The van der Waals surface area contributed by atoms with Crippen LogP contribution in [0.3, 0.4) is 0 Å². The maximum atomic E-state index is 7.88. The van der Waals surface area contributed by atoms with E-state index in [2.05, 4.69) is 22.0 Å². The largest absolute Gasteiger partial charge is 0.510 e. The van der Waals surface area contributed by atoms with Gasteiger partial charge in [0.1, 0.15) is 5.82 Å². The van der Waals surface area contributed by atoms with Crippen LogP contribution in [0.5, 0.6) is 11.5 Å². The normalized spacial score (nSPS) is 13.8. The predicted octanol–water partition coefficient (Wildman–Crippen LogP) is 8.14. The fourth-order valence-corrected chi connectivity index (χ4v) is 5.05. The maximum absolute atomic E-state index is 7.88. The van der Waals surface area contributed by atoms with E-state index in [4.69, 9.17) is 15.4 Å². The van der Waals surface area contributed by atoms with E-state index in [0.29, 0.717) is 34.2 Å². The number of hydrogen-bond acceptors (Lipinski definition) is 4. The predicted molar refractivity (Wildman–Crippen MR) is 155 cm³/mol. The number of anilines is 3. The number of ether oxygens (including phenoxy) is 1. The average molecular weight is 703 g/mol. The van der Waals surface area contributed by atoms with E-state index in [1.54, 1.807) is 18.2 Å². The SMILES string of the molecule is [2H]C([2H])([2H])c1ccnc(-n2c3[c-]c(Oc4[c-]c(N5[CH-]N(C)c6ccccc65)cc([N+]#[C-])c4)ccc3c3ccccc32)c1.[Pt]. The third-order valence-electron chi connectivity index (χ3n) is 6.76. The number of para-hydroxylation sites is 3. The second-order valence-corrected chi connectivity index (χ2v) is 9.23. The molecule has 0 saturated heterocycles. The van der Waals surface area contributed by atoms with Gasteiger partial charge in [-0.25, -0.2) is 4.98 Å². The van der Waals surface area contributed by atoms with Gasteiger partial charge in [0, 0.05) is 59.8 Å². The van der Waals surface area contributed by atoms with Crippen molar-refractivity contribution in [3.05, 3.63) is 127 Å². The van der Waals surface area contributed by atoms with Crippen LogP contribution in [0.2, 0.25) is 0 Å². The third-order valence-corrected chi connectivity index (χ3v) is 6.76. The van der Waals surface area contributed by atoms with Crippen LogP contribution in [0.15, 0.2) is 91.1 Å². The Morgan fingerprint density at radius 2 is 1.75 bits per heavy atom. The molecule has 0 unspecified atom stereocenters. The van der Waals surface area contributed by atoms with Gasteiger partial charge in [-0.3, -0.25) is 4.85 Å². The van der Waals surface area contributed by atoms with Crippen molar-refractivity contribution in [2.45, 2.75) is 6.85 Å². The van der Waals surface area contributed by atoms with E-state index < -0.39 is 6.85 Å². The molecule has 1 aliphatic rings. The zero-order valence-corrected chi connectivity index (χ0v) is 23.5. The summed E-state index contributed by atoms with van der Waals surface area (Å²) in [5, 5.41) is 1.90. The number of nitrogens with zero attached hydrogens (tertiary/aromatic N) is 5. The van der Waals surface area contributed by atoms with Gasteiger partial charge in [-0.05, 0) is 55.2 Å². The van der Waals surface area contributed by atoms with Crippen LogP contribution in [0.1, 0.15) is 9.68 Å². The van der Waals surface area contributed by atoms with Crippen molar-refractivity contribution in [3.8, 4) is 17.3 Å². The number of rotatable bonds is 4. The third kappa shape index (κ3) is 4.29. The van der Waals surface area contributed by atoms with Gasteiger partial charge in [-0.2, -0.15) is 12.7 Å². The number of pyridine rings is 1. The average Bonchev–Trinajstić information content (AvgIpc) is 3.51. The van der Waals surface area contributed by atoms with Crippen molar-refractivity contribution < 1.29 is 29.9 Å². The zero-order chi connectivity index (χ0) is 29.0. The van der Waals surface area contributed by atoms with Crippen LogP contribution in [0, 0.1) is 32.2 Å². The first-order valence-corrected chi connectivity index (χ1v) is 12.3. The van der Waals surface area contributed by atoms with Gasteiger partial charge in [0.15, 0.2) is 0 Å². The molecule has 0 N–H and O–H groups in total. The molecule has 0 amide bonds. The molecule has 198 valence electrons. The first kappa shape index (κ1) is 22.2. The van der Waals surface area contributed by atoms with Crippen LogP contribution in [0.4, 0.5) is 22.7 Å². The van der Waals surface area contributed by atoms with Crippen LogP contribution >= 0.6 is 0 Å². The standard InChI is InChI=1S/C33H22N5O.Pt/c1-22-14-15-35-33(16-22)38-29-9-5-4-8-27(29)28-13-12-25(20-32(28)38)39-26-18-23(34-2)17-24(19-26)37-21-36(3)30-10-6-7-11-31(30)37;/h4-18,21H,1,3H3;/q-3;/i1D3;. The fourth-order valence-electron chi connectivity index (χ4n) is 5.05. The van der Waals surface area contributed by atoms with Crippen molar-refractivity contribution in [1.29, 1.82) is 0 Å².